The Balaban J connectivity index is 2.02. The van der Waals surface area contributed by atoms with Crippen molar-refractivity contribution < 1.29 is 14.1 Å². The van der Waals surface area contributed by atoms with Crippen molar-refractivity contribution in [2.45, 2.75) is 6.54 Å². The minimum atomic E-state index is -0.399. The molecule has 6 heteroatoms. The molecule has 2 heterocycles. The van der Waals surface area contributed by atoms with E-state index in [0.29, 0.717) is 24.0 Å². The second-order valence-electron chi connectivity index (χ2n) is 4.33. The van der Waals surface area contributed by atoms with Crippen LogP contribution in [0.3, 0.4) is 0 Å². The van der Waals surface area contributed by atoms with E-state index in [2.05, 4.69) is 0 Å². The van der Waals surface area contributed by atoms with Gasteiger partial charge < -0.3 is 8.98 Å². The van der Waals surface area contributed by atoms with Crippen LogP contribution in [0.1, 0.15) is 16.3 Å². The molecule has 0 amide bonds. The summed E-state index contributed by atoms with van der Waals surface area (Å²) < 4.78 is 7.15. The van der Waals surface area contributed by atoms with Gasteiger partial charge in [-0.15, -0.1) is 0 Å². The first-order valence-electron chi connectivity index (χ1n) is 5.95. The van der Waals surface area contributed by atoms with Crippen LogP contribution >= 0.6 is 0 Å². The Morgan fingerprint density at radius 1 is 1.25 bits per heavy atom. The molecule has 0 aliphatic carbocycles. The molecule has 0 unspecified atom stereocenters. The van der Waals surface area contributed by atoms with Gasteiger partial charge in [-0.2, -0.15) is 0 Å². The highest BCUT2D eigenvalue weighted by Gasteiger charge is 2.14. The first kappa shape index (κ1) is 12.2. The average Bonchev–Trinajstić information content (AvgIpc) is 3.06. The van der Waals surface area contributed by atoms with E-state index in [4.69, 9.17) is 4.42 Å². The van der Waals surface area contributed by atoms with E-state index >= 15 is 0 Å². The predicted octanol–water partition coefficient (Wildman–Crippen LogP) is 3.00. The van der Waals surface area contributed by atoms with E-state index in [0.717, 1.165) is 5.52 Å². The molecule has 0 spiro atoms. The van der Waals surface area contributed by atoms with E-state index in [1.54, 1.807) is 30.5 Å². The van der Waals surface area contributed by atoms with Crippen molar-refractivity contribution in [3.05, 3.63) is 64.2 Å². The standard InChI is InChI=1S/C14H10N2O4/c17-9-11-5-4-10(20-11)8-15-7-6-12-13(15)2-1-3-14(12)16(18)19/h1-7,9H,8H2. The first-order chi connectivity index (χ1) is 9.69. The Bertz CT molecular complexity index is 800. The van der Waals surface area contributed by atoms with Crippen molar-refractivity contribution in [3.8, 4) is 0 Å². The van der Waals surface area contributed by atoms with Crippen molar-refractivity contribution in [1.29, 1.82) is 0 Å². The second-order valence-corrected chi connectivity index (χ2v) is 4.33. The molecule has 0 saturated carbocycles. The molecule has 0 atom stereocenters. The van der Waals surface area contributed by atoms with E-state index in [1.165, 1.54) is 6.07 Å². The van der Waals surface area contributed by atoms with Crippen molar-refractivity contribution in [2.75, 3.05) is 0 Å². The van der Waals surface area contributed by atoms with Gasteiger partial charge in [-0.05, 0) is 24.3 Å². The summed E-state index contributed by atoms with van der Waals surface area (Å²) in [6, 6.07) is 9.95. The first-order valence-corrected chi connectivity index (χ1v) is 5.95. The maximum atomic E-state index is 11.0. The van der Waals surface area contributed by atoms with Crippen molar-refractivity contribution >= 4 is 22.9 Å². The zero-order valence-corrected chi connectivity index (χ0v) is 10.4. The maximum absolute atomic E-state index is 11.0. The molecule has 6 nitrogen and oxygen atoms in total. The summed E-state index contributed by atoms with van der Waals surface area (Å²) in [4.78, 5) is 21.1. The Labute approximate surface area is 113 Å². The number of aromatic nitrogens is 1. The topological polar surface area (TPSA) is 78.3 Å². The van der Waals surface area contributed by atoms with Crippen LogP contribution in [0, 0.1) is 10.1 Å². The highest BCUT2D eigenvalue weighted by atomic mass is 16.6. The molecule has 1 aromatic carbocycles. The summed E-state index contributed by atoms with van der Waals surface area (Å²) in [6.45, 7) is 0.415. The van der Waals surface area contributed by atoms with E-state index < -0.39 is 4.92 Å². The number of non-ortho nitro benzene ring substituents is 1. The molecule has 3 rings (SSSR count). The van der Waals surface area contributed by atoms with Gasteiger partial charge in [-0.1, -0.05) is 6.07 Å². The predicted molar refractivity (Wildman–Crippen MR) is 71.8 cm³/mol. The van der Waals surface area contributed by atoms with Gasteiger partial charge in [0.05, 0.1) is 22.4 Å². The van der Waals surface area contributed by atoms with Gasteiger partial charge in [-0.25, -0.2) is 0 Å². The van der Waals surface area contributed by atoms with Crippen LogP contribution in [0.4, 0.5) is 5.69 Å². The van der Waals surface area contributed by atoms with Gasteiger partial charge in [-0.3, -0.25) is 14.9 Å². The minimum Gasteiger partial charge on any atom is -0.456 e. The Morgan fingerprint density at radius 2 is 2.10 bits per heavy atom. The van der Waals surface area contributed by atoms with Crippen LogP contribution in [0.15, 0.2) is 47.0 Å². The third kappa shape index (κ3) is 1.97. The minimum absolute atomic E-state index is 0.0780. The highest BCUT2D eigenvalue weighted by molar-refractivity contribution is 5.89. The largest absolute Gasteiger partial charge is 0.456 e. The number of fused-ring (bicyclic) bond motifs is 1. The van der Waals surface area contributed by atoms with Gasteiger partial charge in [0, 0.05) is 12.3 Å². The normalized spacial score (nSPS) is 10.8. The van der Waals surface area contributed by atoms with Crippen LogP contribution in [0.5, 0.6) is 0 Å². The third-order valence-electron chi connectivity index (χ3n) is 3.11. The SMILES string of the molecule is O=Cc1ccc(Cn2ccc3c([N+](=O)[O-])cccc32)o1. The smallest absolute Gasteiger partial charge is 0.278 e. The van der Waals surface area contributed by atoms with Crippen molar-refractivity contribution in [1.82, 2.24) is 4.57 Å². The average molecular weight is 270 g/mol. The number of nitro groups is 1. The second kappa shape index (κ2) is 4.65. The highest BCUT2D eigenvalue weighted by Crippen LogP contribution is 2.26. The number of hydrogen-bond donors (Lipinski definition) is 0. The lowest BCUT2D eigenvalue weighted by atomic mass is 10.2. The number of carbonyl (C=O) groups is 1. The molecular weight excluding hydrogens is 260 g/mol. The lowest BCUT2D eigenvalue weighted by Gasteiger charge is -2.02. The molecule has 0 radical (unpaired) electrons. The van der Waals surface area contributed by atoms with E-state index in [9.17, 15) is 14.9 Å². The zero-order chi connectivity index (χ0) is 14.1. The van der Waals surface area contributed by atoms with Crippen molar-refractivity contribution in [3.63, 3.8) is 0 Å². The molecular formula is C14H10N2O4. The number of furan rings is 1. The molecule has 0 N–H and O–H groups in total. The molecule has 20 heavy (non-hydrogen) atoms. The van der Waals surface area contributed by atoms with Crippen LogP contribution in [0.25, 0.3) is 10.9 Å². The Kier molecular flexibility index (Phi) is 2.83. The fourth-order valence-corrected chi connectivity index (χ4v) is 2.21. The number of nitrogens with zero attached hydrogens (tertiary/aromatic N) is 2. The maximum Gasteiger partial charge on any atom is 0.278 e. The lowest BCUT2D eigenvalue weighted by molar-refractivity contribution is -0.383. The Hall–Kier alpha value is -2.89. The van der Waals surface area contributed by atoms with Crippen LogP contribution in [-0.4, -0.2) is 15.8 Å². The summed E-state index contributed by atoms with van der Waals surface area (Å²) in [5, 5.41) is 11.5. The monoisotopic (exact) mass is 270 g/mol. The Morgan fingerprint density at radius 3 is 2.80 bits per heavy atom. The summed E-state index contributed by atoms with van der Waals surface area (Å²) in [6.07, 6.45) is 2.41. The number of aldehydes is 1. The van der Waals surface area contributed by atoms with Crippen LogP contribution in [-0.2, 0) is 6.54 Å². The molecule has 0 aliphatic heterocycles. The van der Waals surface area contributed by atoms with Crippen LogP contribution in [0.2, 0.25) is 0 Å². The molecule has 0 fully saturated rings. The number of nitro benzene ring substituents is 1. The number of rotatable bonds is 4. The fourth-order valence-electron chi connectivity index (χ4n) is 2.21. The molecule has 2 aromatic heterocycles. The van der Waals surface area contributed by atoms with Gasteiger partial charge in [0.1, 0.15) is 5.76 Å². The molecule has 0 aliphatic rings. The van der Waals surface area contributed by atoms with Gasteiger partial charge in [0.25, 0.3) is 5.69 Å². The molecule has 0 bridgehead atoms. The zero-order valence-electron chi connectivity index (χ0n) is 10.4. The van der Waals surface area contributed by atoms with Gasteiger partial charge in [0.15, 0.2) is 12.0 Å². The van der Waals surface area contributed by atoms with E-state index in [1.807, 2.05) is 10.6 Å². The number of hydrogen-bond acceptors (Lipinski definition) is 4. The molecule has 0 saturated heterocycles. The molecule has 100 valence electrons. The van der Waals surface area contributed by atoms with Gasteiger partial charge in [0.2, 0.25) is 0 Å². The van der Waals surface area contributed by atoms with Crippen LogP contribution < -0.4 is 0 Å². The van der Waals surface area contributed by atoms with Gasteiger partial charge >= 0.3 is 0 Å². The number of benzene rings is 1. The lowest BCUT2D eigenvalue weighted by Crippen LogP contribution is -1.96. The number of carbonyl (C=O) groups excluding carboxylic acids is 1. The summed E-state index contributed by atoms with van der Waals surface area (Å²) in [7, 11) is 0. The van der Waals surface area contributed by atoms with E-state index in [-0.39, 0.29) is 11.4 Å². The summed E-state index contributed by atoms with van der Waals surface area (Å²) in [5.74, 6) is 0.888. The third-order valence-corrected chi connectivity index (χ3v) is 3.11. The summed E-state index contributed by atoms with van der Waals surface area (Å²) >= 11 is 0. The fraction of sp³-hybridized carbons (Fsp3) is 0.0714. The molecule has 3 aromatic rings. The quantitative estimate of drug-likeness (QED) is 0.414. The summed E-state index contributed by atoms with van der Waals surface area (Å²) in [5.41, 5.74) is 0.831. The van der Waals surface area contributed by atoms with Crippen molar-refractivity contribution in [2.24, 2.45) is 0 Å².